The van der Waals surface area contributed by atoms with Gasteiger partial charge in [-0.3, -0.25) is 9.00 Å². The molecule has 0 aromatic heterocycles. The molecule has 0 radical (unpaired) electrons. The first kappa shape index (κ1) is 15.4. The quantitative estimate of drug-likeness (QED) is 0.850. The molecule has 1 aliphatic heterocycles. The van der Waals surface area contributed by atoms with Crippen molar-refractivity contribution in [1.29, 1.82) is 0 Å². The summed E-state index contributed by atoms with van der Waals surface area (Å²) in [5.41, 5.74) is 4.19. The van der Waals surface area contributed by atoms with Gasteiger partial charge in [-0.15, -0.1) is 6.58 Å². The summed E-state index contributed by atoms with van der Waals surface area (Å²) in [4.78, 5) is 12.0. The van der Waals surface area contributed by atoms with Crippen molar-refractivity contribution in [3.8, 4) is 0 Å². The summed E-state index contributed by atoms with van der Waals surface area (Å²) >= 11 is 0. The van der Waals surface area contributed by atoms with Gasteiger partial charge in [0.15, 0.2) is 0 Å². The van der Waals surface area contributed by atoms with E-state index < -0.39 is 10.8 Å². The van der Waals surface area contributed by atoms with E-state index in [2.05, 4.69) is 17.1 Å². The van der Waals surface area contributed by atoms with Crippen molar-refractivity contribution in [1.82, 2.24) is 5.43 Å². The second-order valence-corrected chi connectivity index (χ2v) is 6.31. The highest BCUT2D eigenvalue weighted by Crippen LogP contribution is 2.17. The third-order valence-electron chi connectivity index (χ3n) is 3.17. The Hall–Kier alpha value is -2.01. The Bertz CT molecular complexity index is 635. The highest BCUT2D eigenvalue weighted by atomic mass is 32.2. The van der Waals surface area contributed by atoms with Crippen molar-refractivity contribution >= 4 is 28.5 Å². The Morgan fingerprint density at radius 1 is 1.43 bits per heavy atom. The molecule has 4 nitrogen and oxygen atoms in total. The average molecular weight is 302 g/mol. The van der Waals surface area contributed by atoms with Gasteiger partial charge in [-0.05, 0) is 17.7 Å². The van der Waals surface area contributed by atoms with E-state index in [9.17, 15) is 9.00 Å². The SMILES string of the molecule is C=CCS(=O)c1ccccc1C=CC1=NNC(=O)CC1C. The van der Waals surface area contributed by atoms with Crippen LogP contribution in [0.1, 0.15) is 18.9 Å². The van der Waals surface area contributed by atoms with Gasteiger partial charge < -0.3 is 0 Å². The molecule has 1 aliphatic rings. The maximum absolute atomic E-state index is 12.1. The van der Waals surface area contributed by atoms with Crippen LogP contribution in [0.25, 0.3) is 6.08 Å². The molecule has 1 N–H and O–H groups in total. The van der Waals surface area contributed by atoms with E-state index in [1.54, 1.807) is 6.08 Å². The smallest absolute Gasteiger partial charge is 0.240 e. The molecule has 0 spiro atoms. The fourth-order valence-electron chi connectivity index (χ4n) is 2.06. The average Bonchev–Trinajstić information content (AvgIpc) is 2.47. The number of benzene rings is 1. The molecule has 2 atom stereocenters. The molecule has 1 heterocycles. The van der Waals surface area contributed by atoms with E-state index in [4.69, 9.17) is 0 Å². The van der Waals surface area contributed by atoms with E-state index in [1.807, 2.05) is 43.3 Å². The number of allylic oxidation sites excluding steroid dienone is 1. The van der Waals surface area contributed by atoms with E-state index >= 15 is 0 Å². The minimum Gasteiger partial charge on any atom is -0.273 e. The molecular formula is C16H18N2O2S. The van der Waals surface area contributed by atoms with Crippen LogP contribution in [0.4, 0.5) is 0 Å². The standard InChI is InChI=1S/C16H18N2O2S/c1-3-10-21(20)15-7-5-4-6-13(15)8-9-14-12(2)11-16(19)18-17-14/h3-9,12H,1,10-11H2,2H3,(H,18,19). The summed E-state index contributed by atoms with van der Waals surface area (Å²) in [5, 5.41) is 4.06. The molecule has 1 aromatic carbocycles. The van der Waals surface area contributed by atoms with Crippen LogP contribution in [0.5, 0.6) is 0 Å². The third kappa shape index (κ3) is 3.98. The van der Waals surface area contributed by atoms with Crippen molar-refractivity contribution < 1.29 is 9.00 Å². The van der Waals surface area contributed by atoms with Crippen molar-refractivity contribution in [3.63, 3.8) is 0 Å². The summed E-state index contributed by atoms with van der Waals surface area (Å²) in [7, 11) is -1.09. The summed E-state index contributed by atoms with van der Waals surface area (Å²) in [6.07, 6.45) is 5.85. The van der Waals surface area contributed by atoms with E-state index in [1.165, 1.54) is 0 Å². The lowest BCUT2D eigenvalue weighted by molar-refractivity contribution is -0.121. The Kier molecular flexibility index (Phi) is 5.22. The van der Waals surface area contributed by atoms with Crippen molar-refractivity contribution in [2.45, 2.75) is 18.2 Å². The van der Waals surface area contributed by atoms with Gasteiger partial charge in [0.2, 0.25) is 5.91 Å². The largest absolute Gasteiger partial charge is 0.273 e. The van der Waals surface area contributed by atoms with Crippen LogP contribution in [0.2, 0.25) is 0 Å². The lowest BCUT2D eigenvalue weighted by Crippen LogP contribution is -2.30. The maximum Gasteiger partial charge on any atom is 0.240 e. The number of nitrogens with zero attached hydrogens (tertiary/aromatic N) is 1. The molecule has 0 bridgehead atoms. The van der Waals surface area contributed by atoms with E-state index in [0.717, 1.165) is 16.2 Å². The van der Waals surface area contributed by atoms with Crippen LogP contribution in [0.3, 0.4) is 0 Å². The molecule has 0 saturated heterocycles. The molecule has 2 rings (SSSR count). The van der Waals surface area contributed by atoms with Crippen molar-refractivity contribution in [3.05, 3.63) is 48.6 Å². The van der Waals surface area contributed by atoms with Gasteiger partial charge in [0.05, 0.1) is 16.5 Å². The van der Waals surface area contributed by atoms with Crippen molar-refractivity contribution in [2.24, 2.45) is 11.0 Å². The van der Waals surface area contributed by atoms with E-state index in [0.29, 0.717) is 12.2 Å². The number of hydrogen-bond donors (Lipinski definition) is 1. The highest BCUT2D eigenvalue weighted by Gasteiger charge is 2.18. The number of carbonyl (C=O) groups excluding carboxylic acids is 1. The normalized spacial score (nSPS) is 20.0. The van der Waals surface area contributed by atoms with Crippen LogP contribution in [-0.2, 0) is 15.6 Å². The summed E-state index contributed by atoms with van der Waals surface area (Å²) < 4.78 is 12.1. The van der Waals surface area contributed by atoms with Crippen LogP contribution in [-0.4, -0.2) is 21.6 Å². The minimum absolute atomic E-state index is 0.0628. The molecule has 2 unspecified atom stereocenters. The lowest BCUT2D eigenvalue weighted by atomic mass is 9.99. The summed E-state index contributed by atoms with van der Waals surface area (Å²) in [5.74, 6) is 0.450. The number of nitrogens with one attached hydrogen (secondary N) is 1. The zero-order valence-corrected chi connectivity index (χ0v) is 12.7. The second-order valence-electron chi connectivity index (χ2n) is 4.85. The van der Waals surface area contributed by atoms with Gasteiger partial charge in [0, 0.05) is 23.0 Å². The summed E-state index contributed by atoms with van der Waals surface area (Å²) in [6, 6.07) is 7.55. The number of rotatable bonds is 5. The molecule has 21 heavy (non-hydrogen) atoms. The molecule has 110 valence electrons. The lowest BCUT2D eigenvalue weighted by Gasteiger charge is -2.16. The van der Waals surface area contributed by atoms with Crippen LogP contribution in [0.15, 0.2) is 53.0 Å². The zero-order valence-electron chi connectivity index (χ0n) is 11.9. The Morgan fingerprint density at radius 2 is 2.19 bits per heavy atom. The van der Waals surface area contributed by atoms with Gasteiger partial charge in [-0.1, -0.05) is 37.3 Å². The first-order chi connectivity index (χ1) is 10.1. The van der Waals surface area contributed by atoms with Gasteiger partial charge >= 0.3 is 0 Å². The van der Waals surface area contributed by atoms with Crippen molar-refractivity contribution in [2.75, 3.05) is 5.75 Å². The van der Waals surface area contributed by atoms with Gasteiger partial charge in [0.25, 0.3) is 0 Å². The minimum atomic E-state index is -1.09. The fraction of sp³-hybridized carbons (Fsp3) is 0.250. The third-order valence-corrected chi connectivity index (χ3v) is 4.57. The van der Waals surface area contributed by atoms with Crippen LogP contribution >= 0.6 is 0 Å². The maximum atomic E-state index is 12.1. The topological polar surface area (TPSA) is 58.5 Å². The second kappa shape index (κ2) is 7.13. The number of hydrazone groups is 1. The van der Waals surface area contributed by atoms with Crippen LogP contribution < -0.4 is 5.43 Å². The molecule has 5 heteroatoms. The number of hydrogen-bond acceptors (Lipinski definition) is 3. The monoisotopic (exact) mass is 302 g/mol. The summed E-state index contributed by atoms with van der Waals surface area (Å²) in [6.45, 7) is 5.58. The zero-order chi connectivity index (χ0) is 15.2. The molecule has 1 aromatic rings. The first-order valence-electron chi connectivity index (χ1n) is 6.74. The van der Waals surface area contributed by atoms with Crippen LogP contribution in [0, 0.1) is 5.92 Å². The Balaban J connectivity index is 2.23. The Labute approximate surface area is 127 Å². The van der Waals surface area contributed by atoms with Gasteiger partial charge in [0.1, 0.15) is 0 Å². The molecule has 0 fully saturated rings. The van der Waals surface area contributed by atoms with Gasteiger partial charge in [-0.2, -0.15) is 5.10 Å². The number of amides is 1. The molecule has 0 saturated carbocycles. The Morgan fingerprint density at radius 3 is 2.90 bits per heavy atom. The fourth-order valence-corrected chi connectivity index (χ4v) is 3.09. The molecular weight excluding hydrogens is 284 g/mol. The predicted molar refractivity (Wildman–Crippen MR) is 86.3 cm³/mol. The van der Waals surface area contributed by atoms with E-state index in [-0.39, 0.29) is 11.8 Å². The molecule has 0 aliphatic carbocycles. The predicted octanol–water partition coefficient (Wildman–Crippen LogP) is 2.51. The molecule has 1 amide bonds. The number of carbonyl (C=O) groups is 1. The van der Waals surface area contributed by atoms with Gasteiger partial charge in [-0.25, -0.2) is 5.43 Å². The first-order valence-corrected chi connectivity index (χ1v) is 8.06. The highest BCUT2D eigenvalue weighted by molar-refractivity contribution is 7.85.